The molecule has 0 saturated heterocycles. The largest absolute Gasteiger partial charge is 0.390 e. The van der Waals surface area contributed by atoms with Crippen LogP contribution >= 0.6 is 0 Å². The van der Waals surface area contributed by atoms with E-state index in [0.29, 0.717) is 6.04 Å². The second kappa shape index (κ2) is 4.43. The summed E-state index contributed by atoms with van der Waals surface area (Å²) < 4.78 is 0. The van der Waals surface area contributed by atoms with Crippen molar-refractivity contribution >= 4 is 0 Å². The van der Waals surface area contributed by atoms with E-state index in [4.69, 9.17) is 0 Å². The zero-order valence-corrected chi connectivity index (χ0v) is 9.21. The number of nitrogens with zero attached hydrogens (tertiary/aromatic N) is 1. The molecular weight excluding hydrogens is 162 g/mol. The second-order valence-electron chi connectivity index (χ2n) is 4.76. The van der Waals surface area contributed by atoms with Crippen molar-refractivity contribution in [3.05, 3.63) is 0 Å². The molecule has 0 bridgehead atoms. The number of hydrogen-bond acceptors (Lipinski definition) is 2. The van der Waals surface area contributed by atoms with E-state index in [0.717, 1.165) is 25.8 Å². The van der Waals surface area contributed by atoms with Gasteiger partial charge >= 0.3 is 0 Å². The van der Waals surface area contributed by atoms with Crippen LogP contribution in [0.25, 0.3) is 0 Å². The lowest BCUT2D eigenvalue weighted by Crippen LogP contribution is -2.27. The number of aliphatic hydroxyl groups is 1. The van der Waals surface area contributed by atoms with Gasteiger partial charge in [0.25, 0.3) is 0 Å². The fourth-order valence-corrected chi connectivity index (χ4v) is 1.47. The normalized spacial score (nSPS) is 19.8. The van der Waals surface area contributed by atoms with Gasteiger partial charge in [0, 0.05) is 6.04 Å². The molecule has 1 saturated carbocycles. The number of hydrogen-bond donors (Lipinski definition) is 1. The van der Waals surface area contributed by atoms with Gasteiger partial charge in [-0.1, -0.05) is 0 Å². The molecule has 0 spiro atoms. The van der Waals surface area contributed by atoms with E-state index < -0.39 is 0 Å². The first-order chi connectivity index (χ1) is 6.03. The fourth-order valence-electron chi connectivity index (χ4n) is 1.47. The molecule has 0 aromatic carbocycles. The van der Waals surface area contributed by atoms with Crippen molar-refractivity contribution in [3.63, 3.8) is 0 Å². The highest BCUT2D eigenvalue weighted by molar-refractivity contribution is 4.92. The quantitative estimate of drug-likeness (QED) is 0.640. The molecule has 1 aliphatic carbocycles. The highest BCUT2D eigenvalue weighted by Crippen LogP contribution is 2.39. The Labute approximate surface area is 81.9 Å². The molecule has 0 aromatic heterocycles. The summed E-state index contributed by atoms with van der Waals surface area (Å²) in [6, 6.07) is 0.643. The van der Waals surface area contributed by atoms with Gasteiger partial charge in [-0.05, 0) is 59.5 Å². The Bertz CT molecular complexity index is 152. The fraction of sp³-hybridized carbons (Fsp3) is 1.00. The zero-order valence-electron chi connectivity index (χ0n) is 9.21. The predicted octanol–water partition coefficient (Wildman–Crippen LogP) is 2.02. The first-order valence-corrected chi connectivity index (χ1v) is 5.46. The molecule has 0 radical (unpaired) electrons. The smallest absolute Gasteiger partial charge is 0.0650 e. The van der Waals surface area contributed by atoms with Crippen LogP contribution in [-0.2, 0) is 0 Å². The van der Waals surface area contributed by atoms with Gasteiger partial charge in [0.15, 0.2) is 0 Å². The van der Waals surface area contributed by atoms with E-state index in [9.17, 15) is 5.11 Å². The van der Waals surface area contributed by atoms with E-state index in [2.05, 4.69) is 25.8 Å². The van der Waals surface area contributed by atoms with Crippen LogP contribution in [-0.4, -0.2) is 35.2 Å². The maximum atomic E-state index is 9.59. The Hall–Kier alpha value is -0.0800. The Morgan fingerprint density at radius 2 is 1.92 bits per heavy atom. The van der Waals surface area contributed by atoms with Crippen LogP contribution in [0.3, 0.4) is 0 Å². The van der Waals surface area contributed by atoms with Crippen LogP contribution in [0.1, 0.15) is 46.0 Å². The number of rotatable bonds is 6. The average Bonchev–Trinajstić information content (AvgIpc) is 2.78. The third-order valence-corrected chi connectivity index (χ3v) is 3.11. The Morgan fingerprint density at radius 3 is 2.38 bits per heavy atom. The monoisotopic (exact) mass is 185 g/mol. The van der Waals surface area contributed by atoms with E-state index >= 15 is 0 Å². The second-order valence-corrected chi connectivity index (χ2v) is 4.76. The molecule has 0 aromatic rings. The van der Waals surface area contributed by atoms with Crippen molar-refractivity contribution in [2.45, 2.75) is 57.6 Å². The van der Waals surface area contributed by atoms with Crippen LogP contribution in [0.2, 0.25) is 0 Å². The van der Waals surface area contributed by atoms with Gasteiger partial charge < -0.3 is 10.0 Å². The summed E-state index contributed by atoms with van der Waals surface area (Å²) in [7, 11) is 2.16. The van der Waals surface area contributed by atoms with Crippen LogP contribution in [0.4, 0.5) is 0 Å². The molecule has 1 aliphatic rings. The predicted molar refractivity (Wildman–Crippen MR) is 55.8 cm³/mol. The molecule has 0 amide bonds. The topological polar surface area (TPSA) is 23.5 Å². The molecule has 1 rings (SSSR count). The molecule has 0 unspecified atom stereocenters. The van der Waals surface area contributed by atoms with Gasteiger partial charge in [0.05, 0.1) is 5.60 Å². The first-order valence-electron chi connectivity index (χ1n) is 5.46. The Balaban J connectivity index is 1.94. The molecule has 2 heteroatoms. The number of unbranched alkanes of at least 4 members (excludes halogenated alkanes) is 1. The maximum Gasteiger partial charge on any atom is 0.0650 e. The lowest BCUT2D eigenvalue weighted by molar-refractivity contribution is 0.134. The van der Waals surface area contributed by atoms with Gasteiger partial charge in [0.1, 0.15) is 0 Å². The molecule has 0 aliphatic heterocycles. The third kappa shape index (κ3) is 4.10. The molecule has 13 heavy (non-hydrogen) atoms. The van der Waals surface area contributed by atoms with E-state index in [1.54, 1.807) is 0 Å². The minimum atomic E-state index is -0.240. The van der Waals surface area contributed by atoms with Crippen molar-refractivity contribution in [1.29, 1.82) is 0 Å². The molecular formula is C11H23NO. The van der Waals surface area contributed by atoms with Gasteiger partial charge in [-0.2, -0.15) is 0 Å². The summed E-state index contributed by atoms with van der Waals surface area (Å²) in [5.74, 6) is 0. The standard InChI is InChI=1S/C11H23NO/c1-10(2)12(3)9-5-4-6-11(13)7-8-11/h10,13H,4-9H2,1-3H3. The summed E-state index contributed by atoms with van der Waals surface area (Å²) >= 11 is 0. The van der Waals surface area contributed by atoms with Gasteiger partial charge in [-0.3, -0.25) is 0 Å². The Morgan fingerprint density at radius 1 is 1.31 bits per heavy atom. The van der Waals surface area contributed by atoms with Crippen molar-refractivity contribution in [2.75, 3.05) is 13.6 Å². The lowest BCUT2D eigenvalue weighted by atomic mass is 10.1. The maximum absolute atomic E-state index is 9.59. The van der Waals surface area contributed by atoms with Gasteiger partial charge in [0.2, 0.25) is 0 Å². The molecule has 0 atom stereocenters. The SMILES string of the molecule is CC(C)N(C)CCCCC1(O)CC1. The minimum Gasteiger partial charge on any atom is -0.390 e. The van der Waals surface area contributed by atoms with E-state index in [1.165, 1.54) is 12.8 Å². The highest BCUT2D eigenvalue weighted by Gasteiger charge is 2.39. The minimum absolute atomic E-state index is 0.240. The van der Waals surface area contributed by atoms with Crippen molar-refractivity contribution < 1.29 is 5.11 Å². The summed E-state index contributed by atoms with van der Waals surface area (Å²) in [6.07, 6.45) is 5.48. The third-order valence-electron chi connectivity index (χ3n) is 3.11. The molecule has 0 heterocycles. The van der Waals surface area contributed by atoms with Crippen molar-refractivity contribution in [1.82, 2.24) is 4.90 Å². The van der Waals surface area contributed by atoms with Gasteiger partial charge in [-0.25, -0.2) is 0 Å². The van der Waals surface area contributed by atoms with Crippen molar-refractivity contribution in [3.8, 4) is 0 Å². The summed E-state index contributed by atoms with van der Waals surface area (Å²) in [5, 5.41) is 9.59. The highest BCUT2D eigenvalue weighted by atomic mass is 16.3. The van der Waals surface area contributed by atoms with E-state index in [-0.39, 0.29) is 5.60 Å². The summed E-state index contributed by atoms with van der Waals surface area (Å²) in [4.78, 5) is 2.36. The van der Waals surface area contributed by atoms with Crippen LogP contribution in [0, 0.1) is 0 Å². The van der Waals surface area contributed by atoms with Crippen LogP contribution < -0.4 is 0 Å². The van der Waals surface area contributed by atoms with Crippen LogP contribution in [0.15, 0.2) is 0 Å². The molecule has 2 nitrogen and oxygen atoms in total. The molecule has 1 fully saturated rings. The van der Waals surface area contributed by atoms with E-state index in [1.807, 2.05) is 0 Å². The lowest BCUT2D eigenvalue weighted by Gasteiger charge is -2.20. The van der Waals surface area contributed by atoms with Crippen LogP contribution in [0.5, 0.6) is 0 Å². The first kappa shape index (κ1) is 11.0. The van der Waals surface area contributed by atoms with Crippen molar-refractivity contribution in [2.24, 2.45) is 0 Å². The summed E-state index contributed by atoms with van der Waals surface area (Å²) in [5.41, 5.74) is -0.240. The van der Waals surface area contributed by atoms with Gasteiger partial charge in [-0.15, -0.1) is 0 Å². The summed E-state index contributed by atoms with van der Waals surface area (Å²) in [6.45, 7) is 5.59. The Kier molecular flexibility index (Phi) is 3.74. The average molecular weight is 185 g/mol. The molecule has 1 N–H and O–H groups in total. The molecule has 78 valence electrons. The zero-order chi connectivity index (χ0) is 9.90.